The van der Waals surface area contributed by atoms with E-state index in [0.29, 0.717) is 11.1 Å². The molecular weight excluding hydrogens is 378 g/mol. The number of non-ortho nitro benzene ring substituents is 1. The molecule has 8 heteroatoms. The number of halogens is 1. The first-order chi connectivity index (χ1) is 11.8. The number of nitro groups is 1. The summed E-state index contributed by atoms with van der Waals surface area (Å²) in [5, 5.41) is 10.6. The van der Waals surface area contributed by atoms with Crippen molar-refractivity contribution in [3.05, 3.63) is 62.2 Å². The van der Waals surface area contributed by atoms with Gasteiger partial charge in [0.15, 0.2) is 5.75 Å². The van der Waals surface area contributed by atoms with Crippen molar-refractivity contribution in [3.63, 3.8) is 0 Å². The Morgan fingerprint density at radius 3 is 2.04 bits per heavy atom. The number of nitro benzene ring substituents is 1. The maximum atomic E-state index is 12.8. The lowest BCUT2D eigenvalue weighted by Crippen LogP contribution is -2.17. The Morgan fingerprint density at radius 1 is 1.08 bits per heavy atom. The van der Waals surface area contributed by atoms with Crippen LogP contribution in [0.15, 0.2) is 35.2 Å². The van der Waals surface area contributed by atoms with Crippen LogP contribution in [0.3, 0.4) is 0 Å². The SMILES string of the molecule is Cc1cc(C(C)(C)C)cc(C)c1S(=O)(=O)Oc1ccc([N+](=O)[O-])cc1Cl. The van der Waals surface area contributed by atoms with Gasteiger partial charge in [-0.1, -0.05) is 44.5 Å². The Bertz CT molecular complexity index is 955. The molecule has 0 fully saturated rings. The van der Waals surface area contributed by atoms with E-state index in [4.69, 9.17) is 15.8 Å². The molecular formula is C18H20ClNO5S. The number of aryl methyl sites for hydroxylation is 2. The molecule has 140 valence electrons. The lowest BCUT2D eigenvalue weighted by Gasteiger charge is -2.22. The van der Waals surface area contributed by atoms with Crippen LogP contribution in [0.25, 0.3) is 0 Å². The fourth-order valence-corrected chi connectivity index (χ4v) is 4.24. The van der Waals surface area contributed by atoms with Gasteiger partial charge in [-0.3, -0.25) is 10.1 Å². The van der Waals surface area contributed by atoms with E-state index in [1.807, 2.05) is 32.9 Å². The van der Waals surface area contributed by atoms with Crippen LogP contribution < -0.4 is 4.18 Å². The maximum absolute atomic E-state index is 12.8. The molecule has 0 atom stereocenters. The summed E-state index contributed by atoms with van der Waals surface area (Å²) < 4.78 is 30.7. The summed E-state index contributed by atoms with van der Waals surface area (Å²) in [4.78, 5) is 10.2. The third kappa shape index (κ3) is 4.16. The van der Waals surface area contributed by atoms with Gasteiger partial charge in [-0.2, -0.15) is 8.42 Å². The van der Waals surface area contributed by atoms with Gasteiger partial charge in [0.1, 0.15) is 4.90 Å². The van der Waals surface area contributed by atoms with Gasteiger partial charge in [0.2, 0.25) is 0 Å². The molecule has 0 saturated carbocycles. The van der Waals surface area contributed by atoms with Crippen molar-refractivity contribution in [1.82, 2.24) is 0 Å². The standard InChI is InChI=1S/C18H20ClNO5S/c1-11-8-13(18(3,4)5)9-12(2)17(11)26(23,24)25-16-7-6-14(20(21)22)10-15(16)19/h6-10H,1-5H3. The van der Waals surface area contributed by atoms with E-state index >= 15 is 0 Å². The Balaban J connectivity index is 2.47. The molecule has 0 spiro atoms. The number of hydrogen-bond acceptors (Lipinski definition) is 5. The highest BCUT2D eigenvalue weighted by atomic mass is 35.5. The highest BCUT2D eigenvalue weighted by molar-refractivity contribution is 7.87. The summed E-state index contributed by atoms with van der Waals surface area (Å²) in [6.07, 6.45) is 0. The van der Waals surface area contributed by atoms with Crippen LogP contribution in [0, 0.1) is 24.0 Å². The van der Waals surface area contributed by atoms with Gasteiger partial charge in [-0.15, -0.1) is 0 Å². The summed E-state index contributed by atoms with van der Waals surface area (Å²) in [5.41, 5.74) is 1.77. The number of rotatable bonds is 4. The van der Waals surface area contributed by atoms with Crippen LogP contribution in [0.2, 0.25) is 5.02 Å². The van der Waals surface area contributed by atoms with Crippen molar-refractivity contribution >= 4 is 27.4 Å². The molecule has 0 aromatic heterocycles. The molecule has 2 aromatic carbocycles. The second-order valence-corrected chi connectivity index (χ2v) is 8.99. The Labute approximate surface area is 158 Å². The quantitative estimate of drug-likeness (QED) is 0.414. The molecule has 2 aromatic rings. The van der Waals surface area contributed by atoms with Gasteiger partial charge in [0.25, 0.3) is 5.69 Å². The van der Waals surface area contributed by atoms with Crippen LogP contribution in [0.4, 0.5) is 5.69 Å². The molecule has 0 saturated heterocycles. The minimum atomic E-state index is -4.15. The number of nitrogens with zero attached hydrogens (tertiary/aromatic N) is 1. The predicted octanol–water partition coefficient (Wildman–Crippen LogP) is 4.93. The molecule has 0 radical (unpaired) electrons. The molecule has 0 aliphatic rings. The van der Waals surface area contributed by atoms with Gasteiger partial charge in [-0.05, 0) is 42.0 Å². The van der Waals surface area contributed by atoms with Gasteiger partial charge < -0.3 is 4.18 Å². The minimum Gasteiger partial charge on any atom is -0.377 e. The lowest BCUT2D eigenvalue weighted by atomic mass is 9.85. The normalized spacial score (nSPS) is 12.1. The molecule has 26 heavy (non-hydrogen) atoms. The third-order valence-corrected chi connectivity index (χ3v) is 5.74. The highest BCUT2D eigenvalue weighted by Gasteiger charge is 2.26. The molecule has 0 amide bonds. The Hall–Kier alpha value is -2.12. The van der Waals surface area contributed by atoms with Gasteiger partial charge in [0.05, 0.1) is 9.95 Å². The average molecular weight is 398 g/mol. The lowest BCUT2D eigenvalue weighted by molar-refractivity contribution is -0.384. The molecule has 6 nitrogen and oxygen atoms in total. The smallest absolute Gasteiger partial charge is 0.339 e. The number of hydrogen-bond donors (Lipinski definition) is 0. The highest BCUT2D eigenvalue weighted by Crippen LogP contribution is 2.34. The van der Waals surface area contributed by atoms with E-state index in [0.717, 1.165) is 17.7 Å². The van der Waals surface area contributed by atoms with Crippen molar-refractivity contribution < 1.29 is 17.5 Å². The minimum absolute atomic E-state index is 0.0694. The summed E-state index contributed by atoms with van der Waals surface area (Å²) in [6, 6.07) is 7.00. The van der Waals surface area contributed by atoms with E-state index in [1.54, 1.807) is 13.8 Å². The first kappa shape index (κ1) is 20.2. The topological polar surface area (TPSA) is 86.5 Å². The van der Waals surface area contributed by atoms with Gasteiger partial charge >= 0.3 is 10.1 Å². The second-order valence-electron chi connectivity index (χ2n) is 7.10. The molecule has 0 N–H and O–H groups in total. The Kier molecular flexibility index (Phi) is 5.35. The van der Waals surface area contributed by atoms with Crippen molar-refractivity contribution in [2.24, 2.45) is 0 Å². The van der Waals surface area contributed by atoms with Crippen molar-refractivity contribution in [1.29, 1.82) is 0 Å². The van der Waals surface area contributed by atoms with E-state index in [9.17, 15) is 18.5 Å². The molecule has 2 rings (SSSR count). The molecule has 0 aliphatic heterocycles. The molecule has 0 bridgehead atoms. The first-order valence-electron chi connectivity index (χ1n) is 7.83. The van der Waals surface area contributed by atoms with Crippen LogP contribution >= 0.6 is 11.6 Å². The largest absolute Gasteiger partial charge is 0.377 e. The summed E-state index contributed by atoms with van der Waals surface area (Å²) in [5.74, 6) is -0.157. The van der Waals surface area contributed by atoms with Gasteiger partial charge in [-0.25, -0.2) is 0 Å². The molecule has 0 aliphatic carbocycles. The summed E-state index contributed by atoms with van der Waals surface area (Å²) in [7, 11) is -4.15. The van der Waals surface area contributed by atoms with Crippen LogP contribution in [-0.2, 0) is 15.5 Å². The van der Waals surface area contributed by atoms with Crippen LogP contribution in [-0.4, -0.2) is 13.3 Å². The zero-order valence-electron chi connectivity index (χ0n) is 15.2. The maximum Gasteiger partial charge on any atom is 0.339 e. The third-order valence-electron chi connectivity index (χ3n) is 3.90. The van der Waals surface area contributed by atoms with E-state index < -0.39 is 15.0 Å². The summed E-state index contributed by atoms with van der Waals surface area (Å²) >= 11 is 5.94. The van der Waals surface area contributed by atoms with E-state index in [1.165, 1.54) is 6.07 Å². The van der Waals surface area contributed by atoms with E-state index in [-0.39, 0.29) is 26.8 Å². The zero-order valence-corrected chi connectivity index (χ0v) is 16.7. The Morgan fingerprint density at radius 2 is 1.62 bits per heavy atom. The predicted molar refractivity (Wildman–Crippen MR) is 101 cm³/mol. The first-order valence-corrected chi connectivity index (χ1v) is 9.61. The van der Waals surface area contributed by atoms with Gasteiger partial charge in [0, 0.05) is 12.1 Å². The monoisotopic (exact) mass is 397 g/mol. The fraction of sp³-hybridized carbons (Fsp3) is 0.333. The van der Waals surface area contributed by atoms with Crippen molar-refractivity contribution in [2.45, 2.75) is 44.9 Å². The second kappa shape index (κ2) is 6.89. The average Bonchev–Trinajstić information content (AvgIpc) is 2.46. The molecule has 0 heterocycles. The number of benzene rings is 2. The van der Waals surface area contributed by atoms with Crippen LogP contribution in [0.5, 0.6) is 5.75 Å². The van der Waals surface area contributed by atoms with E-state index in [2.05, 4.69) is 0 Å². The van der Waals surface area contributed by atoms with Crippen molar-refractivity contribution in [2.75, 3.05) is 0 Å². The fourth-order valence-electron chi connectivity index (χ4n) is 2.61. The van der Waals surface area contributed by atoms with Crippen molar-refractivity contribution in [3.8, 4) is 5.75 Å². The van der Waals surface area contributed by atoms with Crippen LogP contribution in [0.1, 0.15) is 37.5 Å². The zero-order chi connectivity index (χ0) is 19.9. The molecule has 0 unspecified atom stereocenters. The summed E-state index contributed by atoms with van der Waals surface area (Å²) in [6.45, 7) is 9.54.